The molecule has 1 aliphatic rings. The van der Waals surface area contributed by atoms with Crippen LogP contribution in [0.3, 0.4) is 0 Å². The number of hydrogen-bond donors (Lipinski definition) is 1. The summed E-state index contributed by atoms with van der Waals surface area (Å²) in [6.07, 6.45) is 4.83. The highest BCUT2D eigenvalue weighted by Gasteiger charge is 2.14. The summed E-state index contributed by atoms with van der Waals surface area (Å²) in [4.78, 5) is 16.1. The SMILES string of the molecule is N#C/C(=C\c1ccc2c(c1)OCO2)C(=O)NCc1cccnc1. The van der Waals surface area contributed by atoms with Gasteiger partial charge in [0.15, 0.2) is 11.5 Å². The third-order valence-corrected chi connectivity index (χ3v) is 3.25. The first-order valence-corrected chi connectivity index (χ1v) is 6.95. The summed E-state index contributed by atoms with van der Waals surface area (Å²) in [7, 11) is 0. The molecule has 0 fully saturated rings. The van der Waals surface area contributed by atoms with Crippen LogP contribution in [0, 0.1) is 11.3 Å². The first kappa shape index (κ1) is 14.6. The molecule has 114 valence electrons. The topological polar surface area (TPSA) is 84.2 Å². The van der Waals surface area contributed by atoms with Gasteiger partial charge in [-0.3, -0.25) is 9.78 Å². The molecule has 3 rings (SSSR count). The van der Waals surface area contributed by atoms with E-state index in [2.05, 4.69) is 10.3 Å². The Balaban J connectivity index is 1.71. The van der Waals surface area contributed by atoms with E-state index in [1.807, 2.05) is 12.1 Å². The zero-order valence-electron chi connectivity index (χ0n) is 12.2. The molecule has 0 atom stereocenters. The van der Waals surface area contributed by atoms with E-state index in [1.54, 1.807) is 36.7 Å². The fraction of sp³-hybridized carbons (Fsp3) is 0.118. The molecule has 6 nitrogen and oxygen atoms in total. The van der Waals surface area contributed by atoms with Crippen molar-refractivity contribution in [2.45, 2.75) is 6.54 Å². The van der Waals surface area contributed by atoms with E-state index >= 15 is 0 Å². The first-order chi connectivity index (χ1) is 11.3. The normalized spacial score (nSPS) is 12.6. The van der Waals surface area contributed by atoms with Crippen LogP contribution in [0.1, 0.15) is 11.1 Å². The summed E-state index contributed by atoms with van der Waals surface area (Å²) in [5.41, 5.74) is 1.58. The molecule has 2 aromatic rings. The predicted octanol–water partition coefficient (Wildman–Crippen LogP) is 2.03. The lowest BCUT2D eigenvalue weighted by atomic mass is 10.1. The number of fused-ring (bicyclic) bond motifs is 1. The third-order valence-electron chi connectivity index (χ3n) is 3.25. The quantitative estimate of drug-likeness (QED) is 0.690. The van der Waals surface area contributed by atoms with Gasteiger partial charge in [-0.1, -0.05) is 12.1 Å². The van der Waals surface area contributed by atoms with Crippen LogP contribution < -0.4 is 14.8 Å². The third kappa shape index (κ3) is 3.47. The summed E-state index contributed by atoms with van der Waals surface area (Å²) in [5.74, 6) is 0.822. The van der Waals surface area contributed by atoms with Gasteiger partial charge in [0.05, 0.1) is 0 Å². The predicted molar refractivity (Wildman–Crippen MR) is 82.2 cm³/mol. The first-order valence-electron chi connectivity index (χ1n) is 6.95. The Bertz CT molecular complexity index is 794. The number of pyridine rings is 1. The van der Waals surface area contributed by atoms with Gasteiger partial charge in [0.25, 0.3) is 5.91 Å². The number of nitrogens with zero attached hydrogens (tertiary/aromatic N) is 2. The zero-order valence-corrected chi connectivity index (χ0v) is 12.2. The van der Waals surface area contributed by atoms with Gasteiger partial charge in [-0.05, 0) is 35.4 Å². The van der Waals surface area contributed by atoms with E-state index < -0.39 is 5.91 Å². The molecule has 0 radical (unpaired) electrons. The largest absolute Gasteiger partial charge is 0.454 e. The van der Waals surface area contributed by atoms with Gasteiger partial charge in [0.1, 0.15) is 11.6 Å². The Labute approximate surface area is 133 Å². The maximum absolute atomic E-state index is 12.1. The molecule has 0 bridgehead atoms. The van der Waals surface area contributed by atoms with Crippen LogP contribution >= 0.6 is 0 Å². The van der Waals surface area contributed by atoms with Crippen LogP contribution in [-0.4, -0.2) is 17.7 Å². The highest BCUT2D eigenvalue weighted by molar-refractivity contribution is 6.01. The average Bonchev–Trinajstić information content (AvgIpc) is 3.06. The number of carbonyl (C=O) groups excluding carboxylic acids is 1. The Kier molecular flexibility index (Phi) is 4.20. The number of benzene rings is 1. The van der Waals surface area contributed by atoms with Crippen molar-refractivity contribution in [3.8, 4) is 17.6 Å². The van der Waals surface area contributed by atoms with Crippen LogP contribution in [0.2, 0.25) is 0 Å². The van der Waals surface area contributed by atoms with Crippen molar-refractivity contribution >= 4 is 12.0 Å². The van der Waals surface area contributed by atoms with Gasteiger partial charge in [0, 0.05) is 18.9 Å². The second-order valence-electron chi connectivity index (χ2n) is 4.83. The lowest BCUT2D eigenvalue weighted by Gasteiger charge is -2.04. The second-order valence-corrected chi connectivity index (χ2v) is 4.83. The Hall–Kier alpha value is -3.33. The number of carbonyl (C=O) groups is 1. The van der Waals surface area contributed by atoms with Crippen molar-refractivity contribution in [2.24, 2.45) is 0 Å². The second kappa shape index (κ2) is 6.62. The van der Waals surface area contributed by atoms with E-state index in [0.29, 0.717) is 23.6 Å². The molecule has 1 aromatic heterocycles. The number of amides is 1. The average molecular weight is 307 g/mol. The van der Waals surface area contributed by atoms with Gasteiger partial charge in [-0.2, -0.15) is 5.26 Å². The monoisotopic (exact) mass is 307 g/mol. The number of hydrogen-bond acceptors (Lipinski definition) is 5. The van der Waals surface area contributed by atoms with Crippen LogP contribution in [-0.2, 0) is 11.3 Å². The fourth-order valence-corrected chi connectivity index (χ4v) is 2.10. The standard InChI is InChI=1S/C17H13N3O3/c18-8-14(17(21)20-10-13-2-1-5-19-9-13)6-12-3-4-15-16(7-12)23-11-22-15/h1-7,9H,10-11H2,(H,20,21)/b14-6+. The maximum Gasteiger partial charge on any atom is 0.262 e. The molecule has 0 saturated heterocycles. The molecular weight excluding hydrogens is 294 g/mol. The summed E-state index contributed by atoms with van der Waals surface area (Å²) < 4.78 is 10.5. The highest BCUT2D eigenvalue weighted by atomic mass is 16.7. The number of nitrogens with one attached hydrogen (secondary N) is 1. The van der Waals surface area contributed by atoms with Crippen LogP contribution in [0.5, 0.6) is 11.5 Å². The number of rotatable bonds is 4. The molecule has 6 heteroatoms. The van der Waals surface area contributed by atoms with Gasteiger partial charge in [0.2, 0.25) is 6.79 Å². The molecule has 23 heavy (non-hydrogen) atoms. The van der Waals surface area contributed by atoms with Crippen molar-refractivity contribution in [3.05, 3.63) is 59.4 Å². The number of aromatic nitrogens is 1. The summed E-state index contributed by atoms with van der Waals surface area (Å²) in [6.45, 7) is 0.492. The Morgan fingerprint density at radius 1 is 1.35 bits per heavy atom. The molecule has 0 unspecified atom stereocenters. The minimum Gasteiger partial charge on any atom is -0.454 e. The van der Waals surface area contributed by atoms with E-state index in [4.69, 9.17) is 9.47 Å². The van der Waals surface area contributed by atoms with E-state index in [0.717, 1.165) is 5.56 Å². The van der Waals surface area contributed by atoms with Gasteiger partial charge < -0.3 is 14.8 Å². The lowest BCUT2D eigenvalue weighted by molar-refractivity contribution is -0.117. The van der Waals surface area contributed by atoms with Crippen LogP contribution in [0.4, 0.5) is 0 Å². The molecule has 2 heterocycles. The van der Waals surface area contributed by atoms with Crippen molar-refractivity contribution in [3.63, 3.8) is 0 Å². The summed E-state index contributed by atoms with van der Waals surface area (Å²) in [6, 6.07) is 10.8. The van der Waals surface area contributed by atoms with Crippen molar-refractivity contribution in [1.82, 2.24) is 10.3 Å². The Morgan fingerprint density at radius 2 is 2.22 bits per heavy atom. The van der Waals surface area contributed by atoms with Gasteiger partial charge >= 0.3 is 0 Å². The van der Waals surface area contributed by atoms with Crippen LogP contribution in [0.15, 0.2) is 48.3 Å². The summed E-state index contributed by atoms with van der Waals surface area (Å²) >= 11 is 0. The molecule has 0 aliphatic carbocycles. The molecule has 0 spiro atoms. The van der Waals surface area contributed by atoms with Crippen molar-refractivity contribution in [2.75, 3.05) is 6.79 Å². The Morgan fingerprint density at radius 3 is 3.00 bits per heavy atom. The van der Waals surface area contributed by atoms with E-state index in [9.17, 15) is 10.1 Å². The van der Waals surface area contributed by atoms with Gasteiger partial charge in [-0.25, -0.2) is 0 Å². The zero-order chi connectivity index (χ0) is 16.1. The lowest BCUT2D eigenvalue weighted by Crippen LogP contribution is -2.23. The van der Waals surface area contributed by atoms with E-state index in [-0.39, 0.29) is 12.4 Å². The smallest absolute Gasteiger partial charge is 0.262 e. The summed E-state index contributed by atoms with van der Waals surface area (Å²) in [5, 5.41) is 11.9. The fourth-order valence-electron chi connectivity index (χ4n) is 2.10. The molecule has 1 N–H and O–H groups in total. The molecule has 0 saturated carbocycles. The van der Waals surface area contributed by atoms with Gasteiger partial charge in [-0.15, -0.1) is 0 Å². The minimum absolute atomic E-state index is 0.0211. The molecular formula is C17H13N3O3. The van der Waals surface area contributed by atoms with E-state index in [1.165, 1.54) is 6.08 Å². The maximum atomic E-state index is 12.1. The minimum atomic E-state index is -0.436. The van der Waals surface area contributed by atoms with Crippen molar-refractivity contribution in [1.29, 1.82) is 5.26 Å². The molecule has 1 amide bonds. The molecule has 1 aromatic carbocycles. The highest BCUT2D eigenvalue weighted by Crippen LogP contribution is 2.33. The number of ether oxygens (including phenoxy) is 2. The molecule has 1 aliphatic heterocycles. The van der Waals surface area contributed by atoms with Crippen LogP contribution in [0.25, 0.3) is 6.08 Å². The number of nitriles is 1. The van der Waals surface area contributed by atoms with Crippen molar-refractivity contribution < 1.29 is 14.3 Å².